The molecule has 0 heterocycles. The summed E-state index contributed by atoms with van der Waals surface area (Å²) < 4.78 is 0. The number of fused-ring (bicyclic) bond motifs is 5. The Bertz CT molecular complexity index is 865. The predicted molar refractivity (Wildman–Crippen MR) is 134 cm³/mol. The number of carbonyl (C=O) groups is 3. The van der Waals surface area contributed by atoms with Gasteiger partial charge in [-0.05, 0) is 104 Å². The van der Waals surface area contributed by atoms with Crippen LogP contribution in [0.2, 0.25) is 0 Å². The van der Waals surface area contributed by atoms with E-state index >= 15 is 0 Å². The molecule has 11 atom stereocenters. The van der Waals surface area contributed by atoms with Crippen molar-refractivity contribution in [2.24, 2.45) is 52.1 Å². The fourth-order valence-corrected chi connectivity index (χ4v) is 9.40. The number of carbonyl (C=O) groups excluding carboxylic acids is 2. The molecule has 0 spiro atoms. The first-order valence-electron chi connectivity index (χ1n) is 14.0. The zero-order valence-corrected chi connectivity index (χ0v) is 22.1. The Hall–Kier alpha value is -1.67. The second-order valence-corrected chi connectivity index (χ2v) is 13.1. The molecule has 8 nitrogen and oxygen atoms in total. The van der Waals surface area contributed by atoms with Crippen molar-refractivity contribution in [1.29, 1.82) is 0 Å². The lowest BCUT2D eigenvalue weighted by atomic mass is 9.43. The van der Waals surface area contributed by atoms with Crippen LogP contribution in [-0.2, 0) is 14.4 Å². The first-order valence-corrected chi connectivity index (χ1v) is 14.0. The Balaban J connectivity index is 1.40. The van der Waals surface area contributed by atoms with E-state index in [1.165, 1.54) is 0 Å². The number of hydrogen-bond acceptors (Lipinski definition) is 5. The monoisotopic (exact) mass is 506 g/mol. The fraction of sp³-hybridized carbons (Fsp3) is 0.893. The summed E-state index contributed by atoms with van der Waals surface area (Å²) in [5.74, 6) is 0.0860. The summed E-state index contributed by atoms with van der Waals surface area (Å²) in [5, 5.41) is 33.4. The Labute approximate surface area is 214 Å². The number of carboxylic acid groups (broad SMARTS) is 1. The summed E-state index contributed by atoms with van der Waals surface area (Å²) in [6.07, 6.45) is 7.95. The smallest absolute Gasteiger partial charge is 0.326 e. The van der Waals surface area contributed by atoms with E-state index in [-0.39, 0.29) is 35.4 Å². The molecule has 36 heavy (non-hydrogen) atoms. The zero-order chi connectivity index (χ0) is 26.4. The number of rotatable bonds is 8. The molecule has 4 saturated carbocycles. The molecule has 0 aromatic carbocycles. The topological polar surface area (TPSA) is 150 Å². The van der Waals surface area contributed by atoms with Gasteiger partial charge < -0.3 is 26.4 Å². The third kappa shape index (κ3) is 4.92. The van der Waals surface area contributed by atoms with Crippen LogP contribution in [0.4, 0.5) is 0 Å². The van der Waals surface area contributed by atoms with Crippen molar-refractivity contribution in [3.63, 3.8) is 0 Å². The Morgan fingerprint density at radius 2 is 1.67 bits per heavy atom. The maximum absolute atomic E-state index is 12.5. The summed E-state index contributed by atoms with van der Waals surface area (Å²) in [6, 6.07) is -1.28. The normalized spacial score (nSPS) is 43.4. The van der Waals surface area contributed by atoms with Crippen molar-refractivity contribution in [2.45, 2.75) is 110 Å². The molecule has 0 bridgehead atoms. The van der Waals surface area contributed by atoms with Crippen LogP contribution >= 0.6 is 0 Å². The largest absolute Gasteiger partial charge is 0.480 e. The summed E-state index contributed by atoms with van der Waals surface area (Å²) in [7, 11) is 0. The third-order valence-electron chi connectivity index (χ3n) is 11.3. The third-order valence-corrected chi connectivity index (χ3v) is 11.3. The van der Waals surface area contributed by atoms with E-state index in [1.807, 2.05) is 0 Å². The highest BCUT2D eigenvalue weighted by molar-refractivity contribution is 5.88. The molecule has 11 unspecified atom stereocenters. The second-order valence-electron chi connectivity index (χ2n) is 13.1. The van der Waals surface area contributed by atoms with Crippen LogP contribution < -0.4 is 11.1 Å². The van der Waals surface area contributed by atoms with E-state index in [9.17, 15) is 29.7 Å². The first kappa shape index (κ1) is 27.4. The van der Waals surface area contributed by atoms with E-state index in [2.05, 4.69) is 26.1 Å². The standard InChI is InChI=1S/C28H46N2O6/c1-15(4-7-24(34)30-21(26(35)36)14-23(29)33)18-5-6-19-25-20(9-11-28(18,19)3)27(2)10-8-17(31)12-16(27)13-22(25)32/h15-22,25,31-32H,4-14H2,1-3H3,(H2,29,33)(H,30,34)(H,35,36). The lowest BCUT2D eigenvalue weighted by Gasteiger charge is -2.62. The molecule has 4 aliphatic rings. The number of amides is 2. The number of carboxylic acids is 1. The number of aliphatic hydroxyl groups excluding tert-OH is 2. The van der Waals surface area contributed by atoms with Gasteiger partial charge in [-0.25, -0.2) is 4.79 Å². The van der Waals surface area contributed by atoms with Gasteiger partial charge in [-0.2, -0.15) is 0 Å². The molecule has 4 fully saturated rings. The van der Waals surface area contributed by atoms with Gasteiger partial charge in [-0.3, -0.25) is 9.59 Å². The van der Waals surface area contributed by atoms with Gasteiger partial charge in [0.2, 0.25) is 11.8 Å². The summed E-state index contributed by atoms with van der Waals surface area (Å²) in [4.78, 5) is 34.9. The number of hydrogen-bond donors (Lipinski definition) is 5. The van der Waals surface area contributed by atoms with Gasteiger partial charge in [0.1, 0.15) is 6.04 Å². The minimum absolute atomic E-state index is 0.130. The van der Waals surface area contributed by atoms with Crippen molar-refractivity contribution in [1.82, 2.24) is 5.32 Å². The van der Waals surface area contributed by atoms with E-state index in [4.69, 9.17) is 5.73 Å². The molecule has 2 amide bonds. The molecule has 6 N–H and O–H groups in total. The number of nitrogens with one attached hydrogen (secondary N) is 1. The van der Waals surface area contributed by atoms with Crippen LogP contribution in [0.3, 0.4) is 0 Å². The lowest BCUT2D eigenvalue weighted by molar-refractivity contribution is -0.174. The minimum atomic E-state index is -1.28. The molecule has 0 aromatic rings. The van der Waals surface area contributed by atoms with Gasteiger partial charge in [-0.1, -0.05) is 20.8 Å². The summed E-state index contributed by atoms with van der Waals surface area (Å²) in [5.41, 5.74) is 5.45. The zero-order valence-electron chi connectivity index (χ0n) is 22.1. The van der Waals surface area contributed by atoms with Gasteiger partial charge in [0.15, 0.2) is 0 Å². The SMILES string of the molecule is CC(CCC(=O)NC(CC(N)=O)C(=O)O)C1CCC2C3C(O)CC4CC(O)CCC4(C)C3CCC12C. The van der Waals surface area contributed by atoms with Crippen LogP contribution in [0.15, 0.2) is 0 Å². The van der Waals surface area contributed by atoms with Crippen LogP contribution in [0.1, 0.15) is 91.4 Å². The number of primary amides is 1. The minimum Gasteiger partial charge on any atom is -0.480 e. The fourth-order valence-electron chi connectivity index (χ4n) is 9.40. The first-order chi connectivity index (χ1) is 16.9. The van der Waals surface area contributed by atoms with Gasteiger partial charge in [-0.15, -0.1) is 0 Å². The van der Waals surface area contributed by atoms with Crippen molar-refractivity contribution in [3.8, 4) is 0 Å². The van der Waals surface area contributed by atoms with Crippen LogP contribution in [0, 0.1) is 46.3 Å². The van der Waals surface area contributed by atoms with E-state index in [1.54, 1.807) is 0 Å². The van der Waals surface area contributed by atoms with Gasteiger partial charge in [0.05, 0.1) is 18.6 Å². The molecule has 0 aromatic heterocycles. The van der Waals surface area contributed by atoms with E-state index < -0.39 is 24.3 Å². The second kappa shape index (κ2) is 10.2. The average Bonchev–Trinajstić information content (AvgIpc) is 3.15. The average molecular weight is 507 g/mol. The molecular weight excluding hydrogens is 460 g/mol. The molecule has 4 rings (SSSR count). The number of nitrogens with two attached hydrogens (primary N) is 1. The van der Waals surface area contributed by atoms with Crippen molar-refractivity contribution < 1.29 is 29.7 Å². The number of aliphatic carboxylic acids is 1. The highest BCUT2D eigenvalue weighted by Crippen LogP contribution is 2.68. The molecule has 0 radical (unpaired) electrons. The Morgan fingerprint density at radius 1 is 1.00 bits per heavy atom. The van der Waals surface area contributed by atoms with Gasteiger partial charge in [0, 0.05) is 6.42 Å². The maximum atomic E-state index is 12.5. The maximum Gasteiger partial charge on any atom is 0.326 e. The molecule has 4 aliphatic carbocycles. The van der Waals surface area contributed by atoms with Crippen molar-refractivity contribution in [3.05, 3.63) is 0 Å². The lowest BCUT2D eigenvalue weighted by Crippen LogP contribution is -2.58. The molecule has 0 aliphatic heterocycles. The van der Waals surface area contributed by atoms with Crippen molar-refractivity contribution >= 4 is 17.8 Å². The summed E-state index contributed by atoms with van der Waals surface area (Å²) >= 11 is 0. The van der Waals surface area contributed by atoms with Crippen LogP contribution in [0.5, 0.6) is 0 Å². The van der Waals surface area contributed by atoms with E-state index in [0.29, 0.717) is 41.9 Å². The van der Waals surface area contributed by atoms with E-state index in [0.717, 1.165) is 51.4 Å². The Morgan fingerprint density at radius 3 is 2.33 bits per heavy atom. The molecule has 0 saturated heterocycles. The van der Waals surface area contributed by atoms with Gasteiger partial charge in [0.25, 0.3) is 0 Å². The van der Waals surface area contributed by atoms with Crippen LogP contribution in [-0.4, -0.2) is 51.4 Å². The van der Waals surface area contributed by atoms with Gasteiger partial charge >= 0.3 is 5.97 Å². The molecule has 204 valence electrons. The summed E-state index contributed by atoms with van der Waals surface area (Å²) in [6.45, 7) is 7.03. The van der Waals surface area contributed by atoms with Crippen LogP contribution in [0.25, 0.3) is 0 Å². The van der Waals surface area contributed by atoms with Crippen molar-refractivity contribution in [2.75, 3.05) is 0 Å². The predicted octanol–water partition coefficient (Wildman–Crippen LogP) is 2.84. The molecular formula is C28H46N2O6. The highest BCUT2D eigenvalue weighted by atomic mass is 16.4. The molecule has 8 heteroatoms. The number of aliphatic hydroxyl groups is 2. The highest BCUT2D eigenvalue weighted by Gasteiger charge is 2.62. The Kier molecular flexibility index (Phi) is 7.78. The quantitative estimate of drug-likeness (QED) is 0.342.